The van der Waals surface area contributed by atoms with Crippen LogP contribution >= 0.6 is 0 Å². The Bertz CT molecular complexity index is 396. The van der Waals surface area contributed by atoms with Gasteiger partial charge in [-0.05, 0) is 33.6 Å². The number of amides is 2. The Morgan fingerprint density at radius 2 is 1.71 bits per heavy atom. The summed E-state index contributed by atoms with van der Waals surface area (Å²) in [5.74, 6) is -0.569. The molecule has 0 spiro atoms. The zero-order valence-electron chi connectivity index (χ0n) is 13.6. The molecular formula is C14H28N4O3. The van der Waals surface area contributed by atoms with E-state index in [4.69, 9.17) is 10.9 Å². The summed E-state index contributed by atoms with van der Waals surface area (Å²) in [6.07, 6.45) is 1.02. The molecule has 0 radical (unpaired) electrons. The van der Waals surface area contributed by atoms with Crippen molar-refractivity contribution in [2.24, 2.45) is 16.3 Å². The Balaban J connectivity index is 4.58. The molecule has 0 heterocycles. The first kappa shape index (κ1) is 19.2. The third kappa shape index (κ3) is 5.61. The van der Waals surface area contributed by atoms with E-state index < -0.39 is 5.41 Å². The molecule has 5 N–H and O–H groups in total. The minimum absolute atomic E-state index is 0.107. The molecule has 0 aliphatic carbocycles. The lowest BCUT2D eigenvalue weighted by atomic mass is 9.80. The predicted octanol–water partition coefficient (Wildman–Crippen LogP) is 0.960. The minimum atomic E-state index is -1.03. The predicted molar refractivity (Wildman–Crippen MR) is 81.9 cm³/mol. The Kier molecular flexibility index (Phi) is 7.18. The van der Waals surface area contributed by atoms with Crippen molar-refractivity contribution < 1.29 is 14.8 Å². The van der Waals surface area contributed by atoms with Crippen LogP contribution in [0.15, 0.2) is 5.16 Å². The van der Waals surface area contributed by atoms with Gasteiger partial charge in [0.1, 0.15) is 5.41 Å². The molecule has 0 fully saturated rings. The maximum Gasteiger partial charge on any atom is 0.233 e. The Morgan fingerprint density at radius 3 is 2.10 bits per heavy atom. The number of carbonyl (C=O) groups is 2. The van der Waals surface area contributed by atoms with Gasteiger partial charge in [-0.2, -0.15) is 0 Å². The SMILES string of the molecule is CCC(CC)(C(=O)NCCC(=O)NC(C)(C)C)C(N)=NO. The van der Waals surface area contributed by atoms with E-state index in [1.165, 1.54) is 0 Å². The van der Waals surface area contributed by atoms with E-state index in [0.29, 0.717) is 12.8 Å². The second-order valence-electron chi connectivity index (χ2n) is 6.08. The summed E-state index contributed by atoms with van der Waals surface area (Å²) in [5, 5.41) is 17.3. The summed E-state index contributed by atoms with van der Waals surface area (Å²) in [5.41, 5.74) is 4.32. The van der Waals surface area contributed by atoms with Gasteiger partial charge < -0.3 is 21.6 Å². The van der Waals surface area contributed by atoms with Crippen LogP contribution in [-0.4, -0.2) is 34.9 Å². The molecule has 0 unspecified atom stereocenters. The summed E-state index contributed by atoms with van der Waals surface area (Å²) >= 11 is 0. The van der Waals surface area contributed by atoms with Crippen LogP contribution in [-0.2, 0) is 9.59 Å². The van der Waals surface area contributed by atoms with Crippen LogP contribution in [0.1, 0.15) is 53.9 Å². The number of nitrogens with zero attached hydrogens (tertiary/aromatic N) is 1. The third-order valence-electron chi connectivity index (χ3n) is 3.39. The zero-order valence-corrected chi connectivity index (χ0v) is 13.6. The maximum atomic E-state index is 12.3. The van der Waals surface area contributed by atoms with Crippen LogP contribution in [0, 0.1) is 5.41 Å². The van der Waals surface area contributed by atoms with Crippen LogP contribution in [0.3, 0.4) is 0 Å². The van der Waals surface area contributed by atoms with Crippen molar-refractivity contribution in [1.29, 1.82) is 0 Å². The average molecular weight is 300 g/mol. The number of hydrogen-bond acceptors (Lipinski definition) is 4. The summed E-state index contributed by atoms with van der Waals surface area (Å²) in [6, 6.07) is 0. The molecule has 122 valence electrons. The summed E-state index contributed by atoms with van der Waals surface area (Å²) < 4.78 is 0. The lowest BCUT2D eigenvalue weighted by molar-refractivity contribution is -0.128. The van der Waals surface area contributed by atoms with Gasteiger partial charge in [0.15, 0.2) is 5.84 Å². The van der Waals surface area contributed by atoms with E-state index in [1.807, 2.05) is 20.8 Å². The molecule has 0 rings (SSSR count). The quantitative estimate of drug-likeness (QED) is 0.242. The lowest BCUT2D eigenvalue weighted by Crippen LogP contribution is -2.50. The molecule has 0 aliphatic rings. The number of amidine groups is 1. The smallest absolute Gasteiger partial charge is 0.233 e. The van der Waals surface area contributed by atoms with Gasteiger partial charge in [0.25, 0.3) is 0 Å². The number of nitrogens with two attached hydrogens (primary N) is 1. The lowest BCUT2D eigenvalue weighted by Gasteiger charge is -2.28. The highest BCUT2D eigenvalue weighted by molar-refractivity contribution is 6.06. The van der Waals surface area contributed by atoms with Crippen molar-refractivity contribution in [1.82, 2.24) is 10.6 Å². The molecule has 0 aromatic carbocycles. The molecule has 0 saturated heterocycles. The van der Waals surface area contributed by atoms with E-state index >= 15 is 0 Å². The molecule has 2 amide bonds. The molecular weight excluding hydrogens is 272 g/mol. The van der Waals surface area contributed by atoms with E-state index in [2.05, 4.69) is 15.8 Å². The number of rotatable bonds is 7. The van der Waals surface area contributed by atoms with Crippen LogP contribution in [0.4, 0.5) is 0 Å². The Morgan fingerprint density at radius 1 is 1.19 bits per heavy atom. The van der Waals surface area contributed by atoms with E-state index in [9.17, 15) is 9.59 Å². The van der Waals surface area contributed by atoms with Crippen molar-refractivity contribution >= 4 is 17.6 Å². The number of oxime groups is 1. The van der Waals surface area contributed by atoms with Crippen LogP contribution in [0.2, 0.25) is 0 Å². The van der Waals surface area contributed by atoms with Crippen LogP contribution in [0.5, 0.6) is 0 Å². The standard InChI is InChI=1S/C14H28N4O3/c1-6-14(7-2,11(15)18-21)12(20)16-9-8-10(19)17-13(3,4)5/h21H,6-9H2,1-5H3,(H2,15,18)(H,16,20)(H,17,19). The van der Waals surface area contributed by atoms with Gasteiger partial charge in [-0.1, -0.05) is 19.0 Å². The monoisotopic (exact) mass is 300 g/mol. The normalized spacial score (nSPS) is 12.9. The van der Waals surface area contributed by atoms with Crippen LogP contribution < -0.4 is 16.4 Å². The highest BCUT2D eigenvalue weighted by Gasteiger charge is 2.39. The molecule has 0 atom stereocenters. The van der Waals surface area contributed by atoms with Gasteiger partial charge in [-0.15, -0.1) is 0 Å². The fourth-order valence-corrected chi connectivity index (χ4v) is 2.08. The van der Waals surface area contributed by atoms with E-state index in [0.717, 1.165) is 0 Å². The molecule has 0 bridgehead atoms. The highest BCUT2D eigenvalue weighted by Crippen LogP contribution is 2.26. The van der Waals surface area contributed by atoms with Crippen molar-refractivity contribution in [2.45, 2.75) is 59.4 Å². The van der Waals surface area contributed by atoms with Gasteiger partial charge in [-0.3, -0.25) is 9.59 Å². The minimum Gasteiger partial charge on any atom is -0.409 e. The molecule has 0 aromatic rings. The summed E-state index contributed by atoms with van der Waals surface area (Å²) in [6.45, 7) is 9.48. The van der Waals surface area contributed by atoms with Gasteiger partial charge in [0.05, 0.1) is 0 Å². The first-order chi connectivity index (χ1) is 9.62. The van der Waals surface area contributed by atoms with E-state index in [1.54, 1.807) is 13.8 Å². The van der Waals surface area contributed by atoms with Crippen molar-refractivity contribution in [3.8, 4) is 0 Å². The molecule has 7 heteroatoms. The Labute approximate surface area is 126 Å². The zero-order chi connectivity index (χ0) is 16.7. The average Bonchev–Trinajstić information content (AvgIpc) is 2.38. The summed E-state index contributed by atoms with van der Waals surface area (Å²) in [7, 11) is 0. The van der Waals surface area contributed by atoms with Gasteiger partial charge in [0, 0.05) is 18.5 Å². The Hall–Kier alpha value is -1.79. The molecule has 0 aromatic heterocycles. The van der Waals surface area contributed by atoms with Crippen molar-refractivity contribution in [3.05, 3.63) is 0 Å². The second-order valence-corrected chi connectivity index (χ2v) is 6.08. The molecule has 7 nitrogen and oxygen atoms in total. The third-order valence-corrected chi connectivity index (χ3v) is 3.39. The van der Waals surface area contributed by atoms with Gasteiger partial charge in [0.2, 0.25) is 11.8 Å². The number of hydrogen-bond donors (Lipinski definition) is 4. The van der Waals surface area contributed by atoms with E-state index in [-0.39, 0.29) is 36.2 Å². The molecule has 0 aliphatic heterocycles. The topological polar surface area (TPSA) is 117 Å². The maximum absolute atomic E-state index is 12.3. The number of carbonyl (C=O) groups excluding carboxylic acids is 2. The first-order valence-electron chi connectivity index (χ1n) is 7.20. The van der Waals surface area contributed by atoms with Crippen LogP contribution in [0.25, 0.3) is 0 Å². The first-order valence-corrected chi connectivity index (χ1v) is 7.20. The van der Waals surface area contributed by atoms with Crippen molar-refractivity contribution in [3.63, 3.8) is 0 Å². The molecule has 21 heavy (non-hydrogen) atoms. The van der Waals surface area contributed by atoms with Gasteiger partial charge >= 0.3 is 0 Å². The fraction of sp³-hybridized carbons (Fsp3) is 0.786. The second kappa shape index (κ2) is 7.85. The molecule has 0 saturated carbocycles. The van der Waals surface area contributed by atoms with Gasteiger partial charge in [-0.25, -0.2) is 0 Å². The van der Waals surface area contributed by atoms with Crippen molar-refractivity contribution in [2.75, 3.05) is 6.54 Å². The highest BCUT2D eigenvalue weighted by atomic mass is 16.4. The fourth-order valence-electron chi connectivity index (χ4n) is 2.08. The number of nitrogens with one attached hydrogen (secondary N) is 2. The largest absolute Gasteiger partial charge is 0.409 e. The summed E-state index contributed by atoms with van der Waals surface area (Å²) in [4.78, 5) is 23.9.